The van der Waals surface area contributed by atoms with Gasteiger partial charge in [-0.25, -0.2) is 0 Å². The number of carbonyl (C=O) groups excluding carboxylic acids is 1. The number of amides is 1. The normalized spacial score (nSPS) is 12.8. The number of likely N-dealkylation sites (N-methyl/N-ethyl adjacent to an activating group) is 2. The minimum Gasteiger partial charge on any atom is -0.355 e. The molecular weight excluding hydrogens is 220 g/mol. The molecule has 0 bridgehead atoms. The molecule has 0 saturated heterocycles. The fourth-order valence-electron chi connectivity index (χ4n) is 1.54. The highest BCUT2D eigenvalue weighted by molar-refractivity contribution is 7.07. The van der Waals surface area contributed by atoms with Gasteiger partial charge in [0.15, 0.2) is 0 Å². The molecule has 3 nitrogen and oxygen atoms in total. The van der Waals surface area contributed by atoms with E-state index in [2.05, 4.69) is 34.0 Å². The van der Waals surface area contributed by atoms with Gasteiger partial charge in [0.1, 0.15) is 0 Å². The molecule has 0 spiro atoms. The second-order valence-corrected chi connectivity index (χ2v) is 4.83. The molecule has 16 heavy (non-hydrogen) atoms. The monoisotopic (exact) mass is 240 g/mol. The molecule has 1 atom stereocenters. The maximum absolute atomic E-state index is 11.4. The van der Waals surface area contributed by atoms with E-state index >= 15 is 0 Å². The number of rotatable bonds is 6. The van der Waals surface area contributed by atoms with Crippen LogP contribution in [0.1, 0.15) is 19.4 Å². The molecule has 0 saturated carbocycles. The zero-order valence-corrected chi connectivity index (χ0v) is 11.0. The van der Waals surface area contributed by atoms with Crippen molar-refractivity contribution in [3.05, 3.63) is 22.4 Å². The topological polar surface area (TPSA) is 32.3 Å². The molecule has 0 radical (unpaired) electrons. The molecule has 1 rings (SSSR count). The van der Waals surface area contributed by atoms with Gasteiger partial charge in [0.25, 0.3) is 0 Å². The maximum atomic E-state index is 11.4. The van der Waals surface area contributed by atoms with Gasteiger partial charge in [-0.2, -0.15) is 11.3 Å². The predicted molar refractivity (Wildman–Crippen MR) is 68.8 cm³/mol. The summed E-state index contributed by atoms with van der Waals surface area (Å²) in [4.78, 5) is 13.5. The summed E-state index contributed by atoms with van der Waals surface area (Å²) in [6, 6.07) is 2.53. The Labute approximate surface area is 101 Å². The SMILES string of the molecule is CCNC(=O)CN(C)C(C)Cc1ccsc1. The van der Waals surface area contributed by atoms with Crippen LogP contribution in [0, 0.1) is 0 Å². The first kappa shape index (κ1) is 13.2. The van der Waals surface area contributed by atoms with E-state index in [0.29, 0.717) is 19.1 Å². The predicted octanol–water partition coefficient (Wildman–Crippen LogP) is 1.75. The van der Waals surface area contributed by atoms with Crippen LogP contribution in [0.25, 0.3) is 0 Å². The van der Waals surface area contributed by atoms with Gasteiger partial charge in [-0.1, -0.05) is 0 Å². The lowest BCUT2D eigenvalue weighted by atomic mass is 10.1. The zero-order chi connectivity index (χ0) is 12.0. The summed E-state index contributed by atoms with van der Waals surface area (Å²) >= 11 is 1.72. The van der Waals surface area contributed by atoms with Crippen LogP contribution in [0.5, 0.6) is 0 Å². The Morgan fingerprint density at radius 2 is 2.38 bits per heavy atom. The molecule has 0 fully saturated rings. The van der Waals surface area contributed by atoms with Gasteiger partial charge in [-0.15, -0.1) is 0 Å². The Morgan fingerprint density at radius 1 is 1.62 bits per heavy atom. The van der Waals surface area contributed by atoms with Gasteiger partial charge in [-0.3, -0.25) is 9.69 Å². The number of nitrogens with one attached hydrogen (secondary N) is 1. The molecule has 1 unspecified atom stereocenters. The van der Waals surface area contributed by atoms with Gasteiger partial charge in [0, 0.05) is 12.6 Å². The summed E-state index contributed by atoms with van der Waals surface area (Å²) < 4.78 is 0. The van der Waals surface area contributed by atoms with Gasteiger partial charge in [-0.05, 0) is 49.7 Å². The van der Waals surface area contributed by atoms with Crippen LogP contribution in [0.2, 0.25) is 0 Å². The standard InChI is InChI=1S/C12H20N2OS/c1-4-13-12(15)8-14(3)10(2)7-11-5-6-16-9-11/h5-6,9-10H,4,7-8H2,1-3H3,(H,13,15). The van der Waals surface area contributed by atoms with Crippen LogP contribution >= 0.6 is 11.3 Å². The third-order valence-electron chi connectivity index (χ3n) is 2.63. The molecule has 1 aromatic rings. The molecule has 0 aliphatic rings. The molecular formula is C12H20N2OS. The lowest BCUT2D eigenvalue weighted by Crippen LogP contribution is -2.40. The number of carbonyl (C=O) groups is 1. The smallest absolute Gasteiger partial charge is 0.234 e. The van der Waals surface area contributed by atoms with E-state index in [4.69, 9.17) is 0 Å². The van der Waals surface area contributed by atoms with E-state index in [1.54, 1.807) is 11.3 Å². The van der Waals surface area contributed by atoms with E-state index in [1.165, 1.54) is 5.56 Å². The van der Waals surface area contributed by atoms with Crippen molar-refractivity contribution in [2.45, 2.75) is 26.3 Å². The highest BCUT2D eigenvalue weighted by Crippen LogP contribution is 2.11. The van der Waals surface area contributed by atoms with Crippen molar-refractivity contribution in [3.63, 3.8) is 0 Å². The molecule has 0 aliphatic carbocycles. The molecule has 90 valence electrons. The zero-order valence-electron chi connectivity index (χ0n) is 10.2. The molecule has 4 heteroatoms. The lowest BCUT2D eigenvalue weighted by Gasteiger charge is -2.23. The summed E-state index contributed by atoms with van der Waals surface area (Å²) in [5, 5.41) is 7.06. The Morgan fingerprint density at radius 3 is 2.94 bits per heavy atom. The maximum Gasteiger partial charge on any atom is 0.234 e. The van der Waals surface area contributed by atoms with Gasteiger partial charge < -0.3 is 5.32 Å². The quantitative estimate of drug-likeness (QED) is 0.821. The molecule has 0 aliphatic heterocycles. The second-order valence-electron chi connectivity index (χ2n) is 4.05. The first-order valence-corrected chi connectivity index (χ1v) is 6.55. The summed E-state index contributed by atoms with van der Waals surface area (Å²) in [5.41, 5.74) is 1.35. The van der Waals surface area contributed by atoms with Gasteiger partial charge >= 0.3 is 0 Å². The van der Waals surface area contributed by atoms with Crippen LogP contribution in [-0.4, -0.2) is 37.0 Å². The first-order chi connectivity index (χ1) is 7.63. The Kier molecular flexibility index (Phi) is 5.49. The van der Waals surface area contributed by atoms with Crippen molar-refractivity contribution in [1.82, 2.24) is 10.2 Å². The van der Waals surface area contributed by atoms with Crippen molar-refractivity contribution < 1.29 is 4.79 Å². The molecule has 1 aromatic heterocycles. The minimum absolute atomic E-state index is 0.0992. The number of hydrogen-bond donors (Lipinski definition) is 1. The molecule has 1 heterocycles. The fourth-order valence-corrected chi connectivity index (χ4v) is 2.22. The Balaban J connectivity index is 2.35. The average molecular weight is 240 g/mol. The first-order valence-electron chi connectivity index (χ1n) is 5.61. The lowest BCUT2D eigenvalue weighted by molar-refractivity contribution is -0.122. The molecule has 1 N–H and O–H groups in total. The number of nitrogens with zero attached hydrogens (tertiary/aromatic N) is 1. The van der Waals surface area contributed by atoms with Crippen LogP contribution in [0.4, 0.5) is 0 Å². The van der Waals surface area contributed by atoms with Crippen LogP contribution < -0.4 is 5.32 Å². The van der Waals surface area contributed by atoms with E-state index in [9.17, 15) is 4.79 Å². The van der Waals surface area contributed by atoms with E-state index in [-0.39, 0.29) is 5.91 Å². The summed E-state index contributed by atoms with van der Waals surface area (Å²) in [6.45, 7) is 5.26. The van der Waals surface area contributed by atoms with Crippen molar-refractivity contribution >= 4 is 17.2 Å². The van der Waals surface area contributed by atoms with E-state index in [1.807, 2.05) is 14.0 Å². The highest BCUT2D eigenvalue weighted by atomic mass is 32.1. The van der Waals surface area contributed by atoms with Crippen molar-refractivity contribution in [2.24, 2.45) is 0 Å². The fraction of sp³-hybridized carbons (Fsp3) is 0.583. The molecule has 1 amide bonds. The van der Waals surface area contributed by atoms with Crippen molar-refractivity contribution in [3.8, 4) is 0 Å². The largest absolute Gasteiger partial charge is 0.355 e. The van der Waals surface area contributed by atoms with Crippen LogP contribution in [-0.2, 0) is 11.2 Å². The summed E-state index contributed by atoms with van der Waals surface area (Å²) in [7, 11) is 1.99. The van der Waals surface area contributed by atoms with Crippen molar-refractivity contribution in [2.75, 3.05) is 20.1 Å². The van der Waals surface area contributed by atoms with Gasteiger partial charge in [0.05, 0.1) is 6.54 Å². The summed E-state index contributed by atoms with van der Waals surface area (Å²) in [6.07, 6.45) is 0.999. The number of thiophene rings is 1. The number of hydrogen-bond acceptors (Lipinski definition) is 3. The second kappa shape index (κ2) is 6.66. The van der Waals surface area contributed by atoms with Gasteiger partial charge in [0.2, 0.25) is 5.91 Å². The van der Waals surface area contributed by atoms with Crippen LogP contribution in [0.3, 0.4) is 0 Å². The van der Waals surface area contributed by atoms with E-state index in [0.717, 1.165) is 6.42 Å². The summed E-state index contributed by atoms with van der Waals surface area (Å²) in [5.74, 6) is 0.0992. The Bertz CT molecular complexity index is 311. The minimum atomic E-state index is 0.0992. The third-order valence-corrected chi connectivity index (χ3v) is 3.36. The third kappa shape index (κ3) is 4.33. The van der Waals surface area contributed by atoms with Crippen LogP contribution in [0.15, 0.2) is 16.8 Å². The van der Waals surface area contributed by atoms with Crippen molar-refractivity contribution in [1.29, 1.82) is 0 Å². The molecule has 0 aromatic carbocycles. The highest BCUT2D eigenvalue weighted by Gasteiger charge is 2.13. The average Bonchev–Trinajstić information content (AvgIpc) is 2.70. The van der Waals surface area contributed by atoms with E-state index < -0.39 is 0 Å². The Hall–Kier alpha value is -0.870.